The zero-order chi connectivity index (χ0) is 14.5. The van der Waals surface area contributed by atoms with Crippen LogP contribution in [0.1, 0.15) is 20.0 Å². The fourth-order valence-electron chi connectivity index (χ4n) is 1.61. The van der Waals surface area contributed by atoms with Gasteiger partial charge in [0.25, 0.3) is 5.91 Å². The largest absolute Gasteiger partial charge is 0.496 e. The quantitative estimate of drug-likeness (QED) is 0.880. The molecular weight excluding hydrogens is 278 g/mol. The van der Waals surface area contributed by atoms with E-state index in [0.717, 1.165) is 0 Å². The summed E-state index contributed by atoms with van der Waals surface area (Å²) in [5, 5.41) is 4.43. The number of benzene rings is 1. The molecule has 1 aromatic heterocycles. The van der Waals surface area contributed by atoms with Gasteiger partial charge in [-0.15, -0.1) is 11.3 Å². The van der Waals surface area contributed by atoms with Crippen molar-refractivity contribution in [3.05, 3.63) is 46.2 Å². The molecule has 0 saturated carbocycles. The number of methoxy groups -OCH3 is 2. The molecule has 1 heterocycles. The summed E-state index contributed by atoms with van der Waals surface area (Å²) >= 11 is 1.27. The second-order valence-electron chi connectivity index (χ2n) is 3.84. The Morgan fingerprint density at radius 2 is 1.95 bits per heavy atom. The zero-order valence-electron chi connectivity index (χ0n) is 11.0. The van der Waals surface area contributed by atoms with Crippen molar-refractivity contribution in [2.45, 2.75) is 0 Å². The van der Waals surface area contributed by atoms with Gasteiger partial charge < -0.3 is 14.8 Å². The molecule has 0 fully saturated rings. The number of anilines is 1. The number of rotatable bonds is 4. The van der Waals surface area contributed by atoms with Crippen LogP contribution in [0.2, 0.25) is 0 Å². The van der Waals surface area contributed by atoms with Crippen molar-refractivity contribution in [3.63, 3.8) is 0 Å². The van der Waals surface area contributed by atoms with E-state index in [0.29, 0.717) is 21.9 Å². The average molecular weight is 291 g/mol. The number of hydrogen-bond acceptors (Lipinski definition) is 5. The summed E-state index contributed by atoms with van der Waals surface area (Å²) in [6.07, 6.45) is 0. The Bertz CT molecular complexity index is 636. The zero-order valence-corrected chi connectivity index (χ0v) is 11.8. The van der Waals surface area contributed by atoms with Crippen LogP contribution in [0.5, 0.6) is 5.75 Å². The van der Waals surface area contributed by atoms with Crippen molar-refractivity contribution in [3.8, 4) is 5.75 Å². The summed E-state index contributed by atoms with van der Waals surface area (Å²) in [7, 11) is 2.83. The number of nitrogens with one attached hydrogen (secondary N) is 1. The van der Waals surface area contributed by atoms with Crippen molar-refractivity contribution >= 4 is 28.9 Å². The van der Waals surface area contributed by atoms with Crippen LogP contribution in [-0.2, 0) is 4.74 Å². The lowest BCUT2D eigenvalue weighted by molar-refractivity contribution is 0.0602. The smallest absolute Gasteiger partial charge is 0.339 e. The topological polar surface area (TPSA) is 64.6 Å². The Labute approximate surface area is 120 Å². The highest BCUT2D eigenvalue weighted by Gasteiger charge is 2.15. The van der Waals surface area contributed by atoms with Crippen LogP contribution in [-0.4, -0.2) is 26.1 Å². The summed E-state index contributed by atoms with van der Waals surface area (Å²) in [4.78, 5) is 24.2. The highest BCUT2D eigenvalue weighted by Crippen LogP contribution is 2.23. The first-order valence-corrected chi connectivity index (χ1v) is 6.65. The maximum Gasteiger partial charge on any atom is 0.339 e. The first-order valence-electron chi connectivity index (χ1n) is 5.77. The molecule has 6 heteroatoms. The summed E-state index contributed by atoms with van der Waals surface area (Å²) < 4.78 is 9.71. The molecule has 0 saturated heterocycles. The maximum atomic E-state index is 12.1. The third-order valence-electron chi connectivity index (χ3n) is 2.62. The van der Waals surface area contributed by atoms with Gasteiger partial charge in [0.1, 0.15) is 5.75 Å². The summed E-state index contributed by atoms with van der Waals surface area (Å²) in [6.45, 7) is 0. The number of hydrogen-bond donors (Lipinski definition) is 1. The van der Waals surface area contributed by atoms with Crippen LogP contribution in [0.15, 0.2) is 35.7 Å². The minimum Gasteiger partial charge on any atom is -0.496 e. The van der Waals surface area contributed by atoms with Gasteiger partial charge in [-0.2, -0.15) is 0 Å². The van der Waals surface area contributed by atoms with E-state index in [2.05, 4.69) is 10.1 Å². The SMILES string of the molecule is COC(=O)c1ccccc1NC(=O)c1cc(OC)cs1. The highest BCUT2D eigenvalue weighted by molar-refractivity contribution is 7.12. The van der Waals surface area contributed by atoms with Crippen LogP contribution in [0.25, 0.3) is 0 Å². The summed E-state index contributed by atoms with van der Waals surface area (Å²) in [5.74, 6) is -0.166. The number of carbonyl (C=O) groups excluding carboxylic acids is 2. The lowest BCUT2D eigenvalue weighted by Crippen LogP contribution is -2.14. The molecule has 0 atom stereocenters. The molecule has 0 aliphatic heterocycles. The number of para-hydroxylation sites is 1. The predicted molar refractivity (Wildman–Crippen MR) is 76.6 cm³/mol. The predicted octanol–water partition coefficient (Wildman–Crippen LogP) is 2.80. The molecule has 1 N–H and O–H groups in total. The van der Waals surface area contributed by atoms with E-state index in [1.54, 1.807) is 35.7 Å². The second-order valence-corrected chi connectivity index (χ2v) is 4.75. The standard InChI is InChI=1S/C14H13NO4S/c1-18-9-7-12(20-8-9)13(16)15-11-6-4-3-5-10(11)14(17)19-2/h3-8H,1-2H3,(H,15,16). The van der Waals surface area contributed by atoms with Crippen molar-refractivity contribution < 1.29 is 19.1 Å². The number of amides is 1. The molecule has 0 bridgehead atoms. The Hall–Kier alpha value is -2.34. The minimum atomic E-state index is -0.496. The second kappa shape index (κ2) is 6.21. The molecule has 0 aliphatic rings. The van der Waals surface area contributed by atoms with Crippen molar-refractivity contribution in [1.29, 1.82) is 0 Å². The molecule has 5 nitrogen and oxygen atoms in total. The Morgan fingerprint density at radius 3 is 2.60 bits per heavy atom. The van der Waals surface area contributed by atoms with Crippen molar-refractivity contribution in [2.24, 2.45) is 0 Å². The summed E-state index contributed by atoms with van der Waals surface area (Å²) in [6, 6.07) is 8.32. The molecule has 20 heavy (non-hydrogen) atoms. The lowest BCUT2D eigenvalue weighted by Gasteiger charge is -2.08. The van der Waals surface area contributed by atoms with Gasteiger partial charge in [0.05, 0.1) is 30.3 Å². The van der Waals surface area contributed by atoms with Crippen molar-refractivity contribution in [2.75, 3.05) is 19.5 Å². The van der Waals surface area contributed by atoms with Gasteiger partial charge in [-0.3, -0.25) is 4.79 Å². The van der Waals surface area contributed by atoms with E-state index in [4.69, 9.17) is 4.74 Å². The van der Waals surface area contributed by atoms with Crippen LogP contribution < -0.4 is 10.1 Å². The molecule has 1 aromatic carbocycles. The molecule has 0 radical (unpaired) electrons. The molecular formula is C14H13NO4S. The monoisotopic (exact) mass is 291 g/mol. The van der Waals surface area contributed by atoms with E-state index in [-0.39, 0.29) is 5.91 Å². The molecule has 0 spiro atoms. The van der Waals surface area contributed by atoms with Gasteiger partial charge in [-0.25, -0.2) is 4.79 Å². The van der Waals surface area contributed by atoms with Crippen LogP contribution >= 0.6 is 11.3 Å². The van der Waals surface area contributed by atoms with Gasteiger partial charge >= 0.3 is 5.97 Å². The van der Waals surface area contributed by atoms with Crippen LogP contribution in [0.4, 0.5) is 5.69 Å². The number of esters is 1. The van der Waals surface area contributed by atoms with Gasteiger partial charge in [0.2, 0.25) is 0 Å². The third kappa shape index (κ3) is 2.97. The van der Waals surface area contributed by atoms with Crippen LogP contribution in [0, 0.1) is 0 Å². The van der Waals surface area contributed by atoms with E-state index in [9.17, 15) is 9.59 Å². The molecule has 2 aromatic rings. The number of ether oxygens (including phenoxy) is 2. The molecule has 1 amide bonds. The molecule has 0 aliphatic carbocycles. The van der Waals surface area contributed by atoms with Gasteiger partial charge in [0, 0.05) is 11.4 Å². The Balaban J connectivity index is 2.21. The van der Waals surface area contributed by atoms with Gasteiger partial charge in [0.15, 0.2) is 0 Å². The van der Waals surface area contributed by atoms with Gasteiger partial charge in [-0.1, -0.05) is 12.1 Å². The first kappa shape index (κ1) is 14.1. The maximum absolute atomic E-state index is 12.1. The number of thiophene rings is 1. The molecule has 0 unspecified atom stereocenters. The van der Waals surface area contributed by atoms with E-state index >= 15 is 0 Å². The molecule has 2 rings (SSSR count). The average Bonchev–Trinajstić information content (AvgIpc) is 2.96. The summed E-state index contributed by atoms with van der Waals surface area (Å²) in [5.41, 5.74) is 0.726. The fourth-order valence-corrected chi connectivity index (χ4v) is 2.36. The third-order valence-corrected chi connectivity index (χ3v) is 3.52. The Kier molecular flexibility index (Phi) is 4.37. The molecule has 104 valence electrons. The highest BCUT2D eigenvalue weighted by atomic mass is 32.1. The lowest BCUT2D eigenvalue weighted by atomic mass is 10.2. The van der Waals surface area contributed by atoms with Crippen LogP contribution in [0.3, 0.4) is 0 Å². The normalized spacial score (nSPS) is 9.90. The van der Waals surface area contributed by atoms with E-state index < -0.39 is 5.97 Å². The van der Waals surface area contributed by atoms with Gasteiger partial charge in [-0.05, 0) is 12.1 Å². The minimum absolute atomic E-state index is 0.297. The number of carbonyl (C=O) groups is 2. The van der Waals surface area contributed by atoms with E-state index in [1.165, 1.54) is 25.6 Å². The Morgan fingerprint density at radius 1 is 1.20 bits per heavy atom. The van der Waals surface area contributed by atoms with Crippen molar-refractivity contribution in [1.82, 2.24) is 0 Å². The fraction of sp³-hybridized carbons (Fsp3) is 0.143. The van der Waals surface area contributed by atoms with E-state index in [1.807, 2.05) is 0 Å². The first-order chi connectivity index (χ1) is 9.65.